The van der Waals surface area contributed by atoms with Gasteiger partial charge in [0.05, 0.1) is 16.3 Å². The summed E-state index contributed by atoms with van der Waals surface area (Å²) in [5, 5.41) is 8.00. The summed E-state index contributed by atoms with van der Waals surface area (Å²) in [4.78, 5) is 1.58. The van der Waals surface area contributed by atoms with Crippen LogP contribution in [0.4, 0.5) is 20.9 Å². The first-order valence-electron chi connectivity index (χ1n) is 6.10. The molecular formula is C14H14FN3O2S. The van der Waals surface area contributed by atoms with E-state index in [1.165, 1.54) is 12.1 Å². The van der Waals surface area contributed by atoms with Crippen molar-refractivity contribution in [1.29, 1.82) is 0 Å². The molecule has 0 bridgehead atoms. The van der Waals surface area contributed by atoms with Crippen LogP contribution in [0.1, 0.15) is 0 Å². The first-order chi connectivity index (χ1) is 9.86. The van der Waals surface area contributed by atoms with E-state index in [-0.39, 0.29) is 0 Å². The van der Waals surface area contributed by atoms with E-state index in [0.717, 1.165) is 17.8 Å². The van der Waals surface area contributed by atoms with Crippen molar-refractivity contribution in [2.75, 3.05) is 19.0 Å². The highest BCUT2D eigenvalue weighted by atomic mass is 32.3. The number of hydrogen-bond donors (Lipinski definition) is 0. The molecule has 0 saturated carbocycles. The Morgan fingerprint density at radius 2 is 1.29 bits per heavy atom. The topological polar surface area (TPSA) is 62.1 Å². The molecular weight excluding hydrogens is 293 g/mol. The first kappa shape index (κ1) is 15.1. The maximum Gasteiger partial charge on any atom is 0.332 e. The molecule has 0 unspecified atom stereocenters. The maximum atomic E-state index is 12.7. The summed E-state index contributed by atoms with van der Waals surface area (Å²) >= 11 is 0. The molecule has 0 aliphatic rings. The van der Waals surface area contributed by atoms with Gasteiger partial charge in [-0.3, -0.25) is 0 Å². The Labute approximate surface area is 123 Å². The standard InChI is InChI=1S/C14H14FN3O2S/c1-18(2)13-7-3-11(4-8-13)16-17-12-5-9-14(10-6-12)21(15,19)20/h3-10H,1-2H3/b17-16+. The lowest BCUT2D eigenvalue weighted by Gasteiger charge is -2.11. The fourth-order valence-electron chi connectivity index (χ4n) is 1.61. The molecule has 21 heavy (non-hydrogen) atoms. The second kappa shape index (κ2) is 6.01. The highest BCUT2D eigenvalue weighted by molar-refractivity contribution is 7.86. The third kappa shape index (κ3) is 4.09. The van der Waals surface area contributed by atoms with Crippen LogP contribution in [0.25, 0.3) is 0 Å². The average molecular weight is 307 g/mol. The summed E-state index contributed by atoms with van der Waals surface area (Å²) in [5.74, 6) is 0. The van der Waals surface area contributed by atoms with Crippen molar-refractivity contribution in [1.82, 2.24) is 0 Å². The third-order valence-electron chi connectivity index (χ3n) is 2.77. The Balaban J connectivity index is 2.14. The summed E-state index contributed by atoms with van der Waals surface area (Å²) in [6, 6.07) is 12.5. The fraction of sp³-hybridized carbons (Fsp3) is 0.143. The van der Waals surface area contributed by atoms with Crippen molar-refractivity contribution in [2.45, 2.75) is 4.90 Å². The quantitative estimate of drug-likeness (QED) is 0.637. The van der Waals surface area contributed by atoms with Gasteiger partial charge in [0.1, 0.15) is 0 Å². The minimum absolute atomic E-state index is 0.392. The van der Waals surface area contributed by atoms with Crippen molar-refractivity contribution >= 4 is 27.3 Å². The van der Waals surface area contributed by atoms with Crippen LogP contribution in [0.5, 0.6) is 0 Å². The Morgan fingerprint density at radius 1 is 0.857 bits per heavy atom. The molecule has 2 aromatic carbocycles. The van der Waals surface area contributed by atoms with Crippen LogP contribution in [-0.2, 0) is 10.2 Å². The molecule has 0 aromatic heterocycles. The Bertz CT molecular complexity index is 739. The second-order valence-corrected chi connectivity index (χ2v) is 5.89. The van der Waals surface area contributed by atoms with E-state index < -0.39 is 15.1 Å². The highest BCUT2D eigenvalue weighted by Crippen LogP contribution is 2.22. The molecule has 5 nitrogen and oxygen atoms in total. The van der Waals surface area contributed by atoms with Gasteiger partial charge in [-0.05, 0) is 48.5 Å². The van der Waals surface area contributed by atoms with Crippen molar-refractivity contribution < 1.29 is 12.3 Å². The Morgan fingerprint density at radius 3 is 1.67 bits per heavy atom. The molecule has 0 fully saturated rings. The summed E-state index contributed by atoms with van der Waals surface area (Å²) < 4.78 is 34.1. The van der Waals surface area contributed by atoms with Gasteiger partial charge in [-0.1, -0.05) is 0 Å². The van der Waals surface area contributed by atoms with Crippen molar-refractivity contribution in [3.05, 3.63) is 48.5 Å². The predicted octanol–water partition coefficient (Wildman–Crippen LogP) is 3.83. The molecule has 7 heteroatoms. The molecule has 0 atom stereocenters. The second-order valence-electron chi connectivity index (χ2n) is 4.54. The van der Waals surface area contributed by atoms with E-state index in [9.17, 15) is 12.3 Å². The van der Waals surface area contributed by atoms with E-state index in [0.29, 0.717) is 11.4 Å². The summed E-state index contributed by atoms with van der Waals surface area (Å²) in [5.41, 5.74) is 2.16. The number of rotatable bonds is 4. The van der Waals surface area contributed by atoms with Crippen molar-refractivity contribution in [3.63, 3.8) is 0 Å². The Hall–Kier alpha value is -2.28. The molecule has 0 aliphatic heterocycles. The van der Waals surface area contributed by atoms with Crippen LogP contribution in [0.2, 0.25) is 0 Å². The summed E-state index contributed by atoms with van der Waals surface area (Å²) in [7, 11) is -0.794. The fourth-order valence-corrected chi connectivity index (χ4v) is 2.07. The molecule has 0 amide bonds. The predicted molar refractivity (Wildman–Crippen MR) is 79.7 cm³/mol. The van der Waals surface area contributed by atoms with Crippen molar-refractivity contribution in [3.8, 4) is 0 Å². The van der Waals surface area contributed by atoms with Gasteiger partial charge in [-0.25, -0.2) is 0 Å². The molecule has 2 aromatic rings. The normalized spacial score (nSPS) is 11.8. The van der Waals surface area contributed by atoms with E-state index in [2.05, 4.69) is 10.2 Å². The first-order valence-corrected chi connectivity index (χ1v) is 7.48. The summed E-state index contributed by atoms with van der Waals surface area (Å²) in [6.45, 7) is 0. The highest BCUT2D eigenvalue weighted by Gasteiger charge is 2.10. The number of azo groups is 1. The Kier molecular flexibility index (Phi) is 4.32. The van der Waals surface area contributed by atoms with Crippen LogP contribution in [0, 0.1) is 0 Å². The van der Waals surface area contributed by atoms with Crippen molar-refractivity contribution in [2.24, 2.45) is 10.2 Å². The van der Waals surface area contributed by atoms with Crippen LogP contribution in [0.15, 0.2) is 63.7 Å². The number of benzene rings is 2. The minimum Gasteiger partial charge on any atom is -0.378 e. The van der Waals surface area contributed by atoms with E-state index in [1.807, 2.05) is 43.3 Å². The molecule has 0 saturated heterocycles. The molecule has 0 heterocycles. The molecule has 0 spiro atoms. The molecule has 2 rings (SSSR count). The lowest BCUT2D eigenvalue weighted by atomic mass is 10.3. The largest absolute Gasteiger partial charge is 0.378 e. The van der Waals surface area contributed by atoms with Gasteiger partial charge in [0, 0.05) is 19.8 Å². The number of anilines is 1. The van der Waals surface area contributed by atoms with Gasteiger partial charge in [0.25, 0.3) is 0 Å². The SMILES string of the molecule is CN(C)c1ccc(/N=N/c2ccc(S(=O)(=O)F)cc2)cc1. The number of hydrogen-bond acceptors (Lipinski definition) is 5. The van der Waals surface area contributed by atoms with E-state index in [4.69, 9.17) is 0 Å². The van der Waals surface area contributed by atoms with Gasteiger partial charge in [-0.2, -0.15) is 18.6 Å². The minimum atomic E-state index is -4.68. The molecule has 0 aliphatic carbocycles. The smallest absolute Gasteiger partial charge is 0.332 e. The zero-order valence-corrected chi connectivity index (χ0v) is 12.4. The number of halogens is 1. The lowest BCUT2D eigenvalue weighted by molar-refractivity contribution is 0.552. The zero-order valence-electron chi connectivity index (χ0n) is 11.6. The maximum absolute atomic E-state index is 12.7. The van der Waals surface area contributed by atoms with Crippen LogP contribution < -0.4 is 4.90 Å². The van der Waals surface area contributed by atoms with E-state index >= 15 is 0 Å². The van der Waals surface area contributed by atoms with Crippen LogP contribution in [-0.4, -0.2) is 22.5 Å². The van der Waals surface area contributed by atoms with Gasteiger partial charge >= 0.3 is 10.2 Å². The lowest BCUT2D eigenvalue weighted by Crippen LogP contribution is -2.07. The van der Waals surface area contributed by atoms with Gasteiger partial charge in [-0.15, -0.1) is 3.89 Å². The summed E-state index contributed by atoms with van der Waals surface area (Å²) in [6.07, 6.45) is 0. The van der Waals surface area contributed by atoms with E-state index in [1.54, 1.807) is 0 Å². The third-order valence-corrected chi connectivity index (χ3v) is 3.60. The monoisotopic (exact) mass is 307 g/mol. The van der Waals surface area contributed by atoms with Gasteiger partial charge < -0.3 is 4.90 Å². The zero-order chi connectivity index (χ0) is 15.5. The molecule has 0 radical (unpaired) electrons. The van der Waals surface area contributed by atoms with Crippen LogP contribution in [0.3, 0.4) is 0 Å². The van der Waals surface area contributed by atoms with Crippen LogP contribution >= 0.6 is 0 Å². The van der Waals surface area contributed by atoms with Gasteiger partial charge in [0.2, 0.25) is 0 Å². The van der Waals surface area contributed by atoms with Gasteiger partial charge in [0.15, 0.2) is 0 Å². The average Bonchev–Trinajstić information content (AvgIpc) is 2.45. The molecule has 0 N–H and O–H groups in total. The number of nitrogens with zero attached hydrogens (tertiary/aromatic N) is 3. The molecule has 110 valence electrons.